The SMILES string of the molecule is C=CCN1CCN(C(=O)NC(C)(C)C)C1=O. The maximum atomic E-state index is 11.8. The van der Waals surface area contributed by atoms with Gasteiger partial charge in [-0.15, -0.1) is 6.58 Å². The molecule has 90 valence electrons. The first-order valence-corrected chi connectivity index (χ1v) is 5.34. The number of amides is 4. The van der Waals surface area contributed by atoms with Crippen LogP contribution in [0.5, 0.6) is 0 Å². The van der Waals surface area contributed by atoms with Crippen LogP contribution in [0.15, 0.2) is 12.7 Å². The van der Waals surface area contributed by atoms with Crippen LogP contribution in [0.25, 0.3) is 0 Å². The normalized spacial score (nSPS) is 16.6. The molecule has 5 heteroatoms. The summed E-state index contributed by atoms with van der Waals surface area (Å²) in [6.07, 6.45) is 1.66. The molecule has 1 heterocycles. The first kappa shape index (κ1) is 12.5. The van der Waals surface area contributed by atoms with Gasteiger partial charge in [0.1, 0.15) is 0 Å². The summed E-state index contributed by atoms with van der Waals surface area (Å²) < 4.78 is 0. The maximum absolute atomic E-state index is 11.8. The number of carbonyl (C=O) groups excluding carboxylic acids is 2. The van der Waals surface area contributed by atoms with Crippen LogP contribution in [0.1, 0.15) is 20.8 Å². The summed E-state index contributed by atoms with van der Waals surface area (Å²) in [5.41, 5.74) is -0.330. The van der Waals surface area contributed by atoms with E-state index in [0.717, 1.165) is 0 Å². The van der Waals surface area contributed by atoms with Crippen molar-refractivity contribution in [3.8, 4) is 0 Å². The molecule has 16 heavy (non-hydrogen) atoms. The fourth-order valence-corrected chi connectivity index (χ4v) is 1.48. The summed E-state index contributed by atoms with van der Waals surface area (Å²) in [6, 6.07) is -0.578. The van der Waals surface area contributed by atoms with E-state index >= 15 is 0 Å². The van der Waals surface area contributed by atoms with Crippen LogP contribution < -0.4 is 5.32 Å². The lowest BCUT2D eigenvalue weighted by molar-refractivity contribution is 0.182. The molecule has 0 spiro atoms. The largest absolute Gasteiger partial charge is 0.333 e. The molecule has 0 saturated carbocycles. The molecule has 0 aromatic heterocycles. The van der Waals surface area contributed by atoms with Crippen LogP contribution in [0.3, 0.4) is 0 Å². The van der Waals surface area contributed by atoms with Crippen LogP contribution in [0.4, 0.5) is 9.59 Å². The van der Waals surface area contributed by atoms with Crippen molar-refractivity contribution in [1.82, 2.24) is 15.1 Å². The molecule has 1 aliphatic heterocycles. The molecule has 5 nitrogen and oxygen atoms in total. The Balaban J connectivity index is 2.60. The van der Waals surface area contributed by atoms with Crippen LogP contribution >= 0.6 is 0 Å². The van der Waals surface area contributed by atoms with Crippen molar-refractivity contribution in [3.05, 3.63) is 12.7 Å². The van der Waals surface area contributed by atoms with Crippen molar-refractivity contribution in [2.24, 2.45) is 0 Å². The van der Waals surface area contributed by atoms with E-state index in [2.05, 4.69) is 11.9 Å². The zero-order valence-corrected chi connectivity index (χ0v) is 10.1. The highest BCUT2D eigenvalue weighted by atomic mass is 16.2. The minimum Gasteiger partial charge on any atom is -0.333 e. The number of nitrogens with zero attached hydrogens (tertiary/aromatic N) is 2. The molecule has 0 aromatic carbocycles. The summed E-state index contributed by atoms with van der Waals surface area (Å²) >= 11 is 0. The summed E-state index contributed by atoms with van der Waals surface area (Å²) in [6.45, 7) is 10.7. The van der Waals surface area contributed by atoms with Gasteiger partial charge in [0.2, 0.25) is 0 Å². The maximum Gasteiger partial charge on any atom is 0.328 e. The van der Waals surface area contributed by atoms with E-state index in [4.69, 9.17) is 0 Å². The molecular weight excluding hydrogens is 206 g/mol. The molecule has 1 saturated heterocycles. The molecule has 1 aliphatic rings. The number of urea groups is 2. The fraction of sp³-hybridized carbons (Fsp3) is 0.636. The first-order chi connectivity index (χ1) is 7.35. The Kier molecular flexibility index (Phi) is 3.57. The molecule has 0 aromatic rings. The summed E-state index contributed by atoms with van der Waals surface area (Å²) in [5, 5.41) is 2.77. The van der Waals surface area contributed by atoms with Crippen LogP contribution in [0.2, 0.25) is 0 Å². The van der Waals surface area contributed by atoms with Gasteiger partial charge in [-0.1, -0.05) is 6.08 Å². The molecule has 0 aliphatic carbocycles. The molecule has 0 radical (unpaired) electrons. The van der Waals surface area contributed by atoms with E-state index in [-0.39, 0.29) is 17.6 Å². The fourth-order valence-electron chi connectivity index (χ4n) is 1.48. The highest BCUT2D eigenvalue weighted by Gasteiger charge is 2.33. The van der Waals surface area contributed by atoms with Crippen LogP contribution in [-0.2, 0) is 0 Å². The van der Waals surface area contributed by atoms with E-state index < -0.39 is 0 Å². The number of hydrogen-bond donors (Lipinski definition) is 1. The predicted octanol–water partition coefficient (Wildman–Crippen LogP) is 1.42. The van der Waals surface area contributed by atoms with Gasteiger partial charge >= 0.3 is 12.1 Å². The quantitative estimate of drug-likeness (QED) is 0.722. The summed E-state index contributed by atoms with van der Waals surface area (Å²) in [5.74, 6) is 0. The predicted molar refractivity (Wildman–Crippen MR) is 62.2 cm³/mol. The van der Waals surface area contributed by atoms with Crippen molar-refractivity contribution < 1.29 is 9.59 Å². The monoisotopic (exact) mass is 225 g/mol. The van der Waals surface area contributed by atoms with Crippen molar-refractivity contribution in [3.63, 3.8) is 0 Å². The molecular formula is C11H19N3O2. The smallest absolute Gasteiger partial charge is 0.328 e. The van der Waals surface area contributed by atoms with E-state index in [1.54, 1.807) is 11.0 Å². The third-order valence-corrected chi connectivity index (χ3v) is 2.17. The first-order valence-electron chi connectivity index (χ1n) is 5.34. The van der Waals surface area contributed by atoms with Gasteiger partial charge < -0.3 is 10.2 Å². The standard InChI is InChI=1S/C11H19N3O2/c1-5-6-13-7-8-14(10(13)16)9(15)12-11(2,3)4/h5H,1,6-8H2,2-4H3,(H,12,15). The molecule has 1 fully saturated rings. The van der Waals surface area contributed by atoms with E-state index in [9.17, 15) is 9.59 Å². The second-order valence-corrected chi connectivity index (χ2v) is 4.85. The summed E-state index contributed by atoms with van der Waals surface area (Å²) in [4.78, 5) is 26.4. The highest BCUT2D eigenvalue weighted by Crippen LogP contribution is 2.10. The third-order valence-electron chi connectivity index (χ3n) is 2.17. The zero-order valence-electron chi connectivity index (χ0n) is 10.1. The van der Waals surface area contributed by atoms with Gasteiger partial charge in [0, 0.05) is 25.2 Å². The molecule has 0 bridgehead atoms. The topological polar surface area (TPSA) is 52.6 Å². The Labute approximate surface area is 96.1 Å². The van der Waals surface area contributed by atoms with Crippen molar-refractivity contribution in [1.29, 1.82) is 0 Å². The van der Waals surface area contributed by atoms with Gasteiger partial charge in [0.25, 0.3) is 0 Å². The Hall–Kier alpha value is -1.52. The Morgan fingerprint density at radius 1 is 1.50 bits per heavy atom. The lowest BCUT2D eigenvalue weighted by atomic mass is 10.1. The Morgan fingerprint density at radius 3 is 2.62 bits per heavy atom. The van der Waals surface area contributed by atoms with Gasteiger partial charge in [-0.2, -0.15) is 0 Å². The highest BCUT2D eigenvalue weighted by molar-refractivity contribution is 5.95. The minimum absolute atomic E-state index is 0.248. The van der Waals surface area contributed by atoms with Gasteiger partial charge in [0.05, 0.1) is 0 Å². The van der Waals surface area contributed by atoms with Crippen LogP contribution in [-0.4, -0.2) is 47.0 Å². The molecule has 1 N–H and O–H groups in total. The van der Waals surface area contributed by atoms with Crippen molar-refractivity contribution >= 4 is 12.1 Å². The molecule has 4 amide bonds. The van der Waals surface area contributed by atoms with Gasteiger partial charge in [-0.25, -0.2) is 14.5 Å². The number of imide groups is 1. The van der Waals surface area contributed by atoms with Gasteiger partial charge in [0.15, 0.2) is 0 Å². The second kappa shape index (κ2) is 4.55. The number of carbonyl (C=O) groups is 2. The number of rotatable bonds is 2. The molecule has 0 atom stereocenters. The lowest BCUT2D eigenvalue weighted by Crippen LogP contribution is -2.49. The van der Waals surface area contributed by atoms with E-state index in [1.165, 1.54) is 4.90 Å². The van der Waals surface area contributed by atoms with Crippen molar-refractivity contribution in [2.45, 2.75) is 26.3 Å². The Morgan fingerprint density at radius 2 is 2.12 bits per heavy atom. The minimum atomic E-state index is -0.330. The Bertz CT molecular complexity index is 307. The second-order valence-electron chi connectivity index (χ2n) is 4.85. The number of hydrogen-bond acceptors (Lipinski definition) is 2. The van der Waals surface area contributed by atoms with Gasteiger partial charge in [-0.05, 0) is 20.8 Å². The van der Waals surface area contributed by atoms with Gasteiger partial charge in [-0.3, -0.25) is 0 Å². The van der Waals surface area contributed by atoms with E-state index in [0.29, 0.717) is 19.6 Å². The summed E-state index contributed by atoms with van der Waals surface area (Å²) in [7, 11) is 0. The number of nitrogens with one attached hydrogen (secondary N) is 1. The van der Waals surface area contributed by atoms with E-state index in [1.807, 2.05) is 20.8 Å². The molecule has 0 unspecified atom stereocenters. The van der Waals surface area contributed by atoms with Crippen molar-refractivity contribution in [2.75, 3.05) is 19.6 Å². The zero-order chi connectivity index (χ0) is 12.3. The molecule has 1 rings (SSSR count). The average Bonchev–Trinajstić information content (AvgIpc) is 2.46. The van der Waals surface area contributed by atoms with Crippen LogP contribution in [0, 0.1) is 0 Å². The lowest BCUT2D eigenvalue weighted by Gasteiger charge is -2.24. The third kappa shape index (κ3) is 2.98. The average molecular weight is 225 g/mol.